The smallest absolute Gasteiger partial charge is 0.270 e. The van der Waals surface area contributed by atoms with Crippen molar-refractivity contribution >= 4 is 29.1 Å². The number of fused-ring (bicyclic) bond motifs is 1. The molecule has 0 fully saturated rings. The Bertz CT molecular complexity index is 1060. The Balaban J connectivity index is 1.62. The lowest BCUT2D eigenvalue weighted by molar-refractivity contribution is -0.385. The Kier molecular flexibility index (Phi) is 5.70. The van der Waals surface area contributed by atoms with Crippen LogP contribution in [-0.2, 0) is 23.6 Å². The van der Waals surface area contributed by atoms with E-state index in [9.17, 15) is 10.1 Å². The van der Waals surface area contributed by atoms with Gasteiger partial charge in [-0.1, -0.05) is 23.4 Å². The number of rotatable bonds is 6. The van der Waals surface area contributed by atoms with E-state index in [4.69, 9.17) is 21.1 Å². The van der Waals surface area contributed by atoms with Crippen LogP contribution < -0.4 is 4.74 Å². The highest BCUT2D eigenvalue weighted by molar-refractivity contribution is 7.98. The molecule has 10 heteroatoms. The van der Waals surface area contributed by atoms with E-state index in [1.54, 1.807) is 6.07 Å². The number of ether oxygens (including phenoxy) is 2. The number of nitrogens with zero attached hydrogens (tertiary/aromatic N) is 4. The van der Waals surface area contributed by atoms with Gasteiger partial charge in [0, 0.05) is 46.1 Å². The highest BCUT2D eigenvalue weighted by Crippen LogP contribution is 2.36. The number of thioether (sulfide) groups is 1. The van der Waals surface area contributed by atoms with Crippen molar-refractivity contribution < 1.29 is 14.4 Å². The van der Waals surface area contributed by atoms with E-state index < -0.39 is 4.92 Å². The monoisotopic (exact) mass is 432 g/mol. The molecule has 1 aliphatic rings. The van der Waals surface area contributed by atoms with Gasteiger partial charge in [-0.15, -0.1) is 10.2 Å². The van der Waals surface area contributed by atoms with Crippen LogP contribution in [0.15, 0.2) is 41.6 Å². The maximum Gasteiger partial charge on any atom is 0.270 e. The summed E-state index contributed by atoms with van der Waals surface area (Å²) < 4.78 is 12.9. The molecule has 1 aromatic heterocycles. The highest BCUT2D eigenvalue weighted by Gasteiger charge is 2.22. The molecule has 0 spiro atoms. The molecular weight excluding hydrogens is 416 g/mol. The van der Waals surface area contributed by atoms with Crippen LogP contribution >= 0.6 is 23.4 Å². The quantitative estimate of drug-likeness (QED) is 0.317. The Morgan fingerprint density at radius 2 is 2.07 bits per heavy atom. The maximum absolute atomic E-state index is 11.3. The average molecular weight is 433 g/mol. The van der Waals surface area contributed by atoms with Crippen molar-refractivity contribution in [1.82, 2.24) is 14.8 Å². The van der Waals surface area contributed by atoms with Crippen molar-refractivity contribution in [2.24, 2.45) is 0 Å². The zero-order valence-corrected chi connectivity index (χ0v) is 17.1. The molecule has 0 radical (unpaired) electrons. The molecular formula is C19H17ClN4O4S. The van der Waals surface area contributed by atoms with Crippen molar-refractivity contribution in [3.8, 4) is 17.1 Å². The fourth-order valence-corrected chi connectivity index (χ4v) is 4.22. The zero-order chi connectivity index (χ0) is 20.4. The van der Waals surface area contributed by atoms with Gasteiger partial charge in [0.25, 0.3) is 5.69 Å². The van der Waals surface area contributed by atoms with Gasteiger partial charge in [0.05, 0.1) is 11.5 Å². The summed E-state index contributed by atoms with van der Waals surface area (Å²) in [5.41, 5.74) is 2.36. The van der Waals surface area contributed by atoms with Crippen molar-refractivity contribution in [2.75, 3.05) is 6.79 Å². The number of benzene rings is 2. The van der Waals surface area contributed by atoms with Gasteiger partial charge in [-0.05, 0) is 31.2 Å². The molecule has 29 heavy (non-hydrogen) atoms. The van der Waals surface area contributed by atoms with Crippen LogP contribution in [0.4, 0.5) is 5.69 Å². The first-order chi connectivity index (χ1) is 14.1. The highest BCUT2D eigenvalue weighted by atomic mass is 35.5. The second kappa shape index (κ2) is 8.40. The van der Waals surface area contributed by atoms with Crippen LogP contribution in [0.5, 0.6) is 5.75 Å². The summed E-state index contributed by atoms with van der Waals surface area (Å²) in [7, 11) is 0. The molecule has 0 saturated heterocycles. The predicted octanol–water partition coefficient (Wildman–Crippen LogP) is 4.69. The third kappa shape index (κ3) is 4.07. The Morgan fingerprint density at radius 1 is 1.28 bits per heavy atom. The number of halogens is 1. The average Bonchev–Trinajstić information content (AvgIpc) is 3.15. The van der Waals surface area contributed by atoms with E-state index in [2.05, 4.69) is 10.2 Å². The van der Waals surface area contributed by atoms with E-state index in [1.165, 1.54) is 17.8 Å². The van der Waals surface area contributed by atoms with Gasteiger partial charge < -0.3 is 14.0 Å². The number of hydrogen-bond donors (Lipinski definition) is 0. The van der Waals surface area contributed by atoms with E-state index in [0.29, 0.717) is 35.2 Å². The third-order valence-electron chi connectivity index (χ3n) is 4.47. The molecule has 150 valence electrons. The SMILES string of the molecule is CCn1c(SCc2cc([N+](=O)[O-])cc3c2OCOC3)nnc1-c1ccc(Cl)cc1. The minimum absolute atomic E-state index is 0.0206. The van der Waals surface area contributed by atoms with Crippen molar-refractivity contribution in [1.29, 1.82) is 0 Å². The molecule has 0 amide bonds. The Labute approximate surface area is 175 Å². The van der Waals surface area contributed by atoms with Crippen molar-refractivity contribution in [3.63, 3.8) is 0 Å². The van der Waals surface area contributed by atoms with Gasteiger partial charge >= 0.3 is 0 Å². The standard InChI is InChI=1S/C19H17ClN4O4S/c1-2-23-18(12-3-5-15(20)6-4-12)21-22-19(23)29-10-14-8-16(24(25)26)7-13-9-27-11-28-17(13)14/h3-8H,2,9-11H2,1H3. The van der Waals surface area contributed by atoms with Crippen molar-refractivity contribution in [3.05, 3.63) is 62.7 Å². The maximum atomic E-state index is 11.3. The zero-order valence-electron chi connectivity index (χ0n) is 15.5. The van der Waals surface area contributed by atoms with Crippen LogP contribution in [0.1, 0.15) is 18.1 Å². The second-order valence-corrected chi connectivity index (χ2v) is 7.69. The molecule has 0 aliphatic carbocycles. The molecule has 0 saturated carbocycles. The number of nitro benzene ring substituents is 1. The van der Waals surface area contributed by atoms with Crippen LogP contribution in [0.25, 0.3) is 11.4 Å². The van der Waals surface area contributed by atoms with E-state index in [1.807, 2.05) is 35.8 Å². The molecule has 2 heterocycles. The Morgan fingerprint density at radius 3 is 2.79 bits per heavy atom. The summed E-state index contributed by atoms with van der Waals surface area (Å²) in [4.78, 5) is 10.9. The van der Waals surface area contributed by atoms with Crippen LogP contribution in [0, 0.1) is 10.1 Å². The lowest BCUT2D eigenvalue weighted by Gasteiger charge is -2.20. The van der Waals surface area contributed by atoms with Gasteiger partial charge in [0.1, 0.15) is 5.75 Å². The first-order valence-electron chi connectivity index (χ1n) is 8.89. The summed E-state index contributed by atoms with van der Waals surface area (Å²) in [6.45, 7) is 3.13. The fraction of sp³-hybridized carbons (Fsp3) is 0.263. The van der Waals surface area contributed by atoms with E-state index in [-0.39, 0.29) is 12.5 Å². The van der Waals surface area contributed by atoms with Gasteiger partial charge in [0.2, 0.25) is 0 Å². The minimum Gasteiger partial charge on any atom is -0.467 e. The van der Waals surface area contributed by atoms with Gasteiger partial charge in [-0.2, -0.15) is 0 Å². The third-order valence-corrected chi connectivity index (χ3v) is 5.74. The summed E-state index contributed by atoms with van der Waals surface area (Å²) in [6, 6.07) is 10.5. The number of nitro groups is 1. The van der Waals surface area contributed by atoms with E-state index >= 15 is 0 Å². The molecule has 3 aromatic rings. The largest absolute Gasteiger partial charge is 0.467 e. The molecule has 4 rings (SSSR count). The lowest BCUT2D eigenvalue weighted by atomic mass is 10.1. The molecule has 0 unspecified atom stereocenters. The molecule has 0 atom stereocenters. The first kappa shape index (κ1) is 19.7. The molecule has 1 aliphatic heterocycles. The number of hydrogen-bond acceptors (Lipinski definition) is 7. The normalized spacial score (nSPS) is 13.0. The first-order valence-corrected chi connectivity index (χ1v) is 10.3. The van der Waals surface area contributed by atoms with Gasteiger partial charge in [0.15, 0.2) is 17.8 Å². The number of non-ortho nitro benzene ring substituents is 1. The predicted molar refractivity (Wildman–Crippen MR) is 109 cm³/mol. The van der Waals surface area contributed by atoms with Gasteiger partial charge in [-0.25, -0.2) is 0 Å². The van der Waals surface area contributed by atoms with Crippen LogP contribution in [0.2, 0.25) is 5.02 Å². The second-order valence-electron chi connectivity index (χ2n) is 6.31. The van der Waals surface area contributed by atoms with Crippen LogP contribution in [-0.4, -0.2) is 26.5 Å². The molecule has 0 N–H and O–H groups in total. The summed E-state index contributed by atoms with van der Waals surface area (Å²) in [5.74, 6) is 1.86. The van der Waals surface area contributed by atoms with Crippen molar-refractivity contribution in [2.45, 2.75) is 31.0 Å². The molecule has 8 nitrogen and oxygen atoms in total. The Hall–Kier alpha value is -2.62. The fourth-order valence-electron chi connectivity index (χ4n) is 3.13. The topological polar surface area (TPSA) is 92.3 Å². The lowest BCUT2D eigenvalue weighted by Crippen LogP contribution is -2.13. The number of aromatic nitrogens is 3. The summed E-state index contributed by atoms with van der Waals surface area (Å²) in [6.07, 6.45) is 0. The minimum atomic E-state index is -0.407. The molecule has 0 bridgehead atoms. The van der Waals surface area contributed by atoms with E-state index in [0.717, 1.165) is 22.1 Å². The van der Waals surface area contributed by atoms with Gasteiger partial charge in [-0.3, -0.25) is 10.1 Å². The summed E-state index contributed by atoms with van der Waals surface area (Å²) in [5, 5.41) is 21.3. The van der Waals surface area contributed by atoms with Crippen LogP contribution in [0.3, 0.4) is 0 Å². The molecule has 2 aromatic carbocycles. The summed E-state index contributed by atoms with van der Waals surface area (Å²) >= 11 is 7.43.